The van der Waals surface area contributed by atoms with Crippen LogP contribution in [0.25, 0.3) is 5.69 Å². The van der Waals surface area contributed by atoms with Crippen molar-refractivity contribution in [3.63, 3.8) is 0 Å². The summed E-state index contributed by atoms with van der Waals surface area (Å²) in [5, 5.41) is 13.4. The number of carbonyl (C=O) groups is 1. The fourth-order valence-electron chi connectivity index (χ4n) is 4.72. The zero-order valence-corrected chi connectivity index (χ0v) is 19.6. The van der Waals surface area contributed by atoms with Crippen LogP contribution in [0.5, 0.6) is 0 Å². The number of hydrogen-bond donors (Lipinski definition) is 2. The molecule has 0 saturated carbocycles. The number of benzene rings is 1. The van der Waals surface area contributed by atoms with Gasteiger partial charge in [-0.05, 0) is 86.2 Å². The maximum absolute atomic E-state index is 11.3. The molecule has 1 fully saturated rings. The van der Waals surface area contributed by atoms with E-state index in [2.05, 4.69) is 39.7 Å². The molecule has 172 valence electrons. The Balaban J connectivity index is 1.60. The van der Waals surface area contributed by atoms with Gasteiger partial charge in [0.15, 0.2) is 5.11 Å². The Morgan fingerprint density at radius 2 is 1.94 bits per heavy atom. The largest absolute Gasteiger partial charge is 0.478 e. The molecule has 2 atom stereocenters. The summed E-state index contributed by atoms with van der Waals surface area (Å²) in [7, 11) is 0. The number of hydrogen-bond acceptors (Lipinski definition) is 4. The topological polar surface area (TPSA) is 83.5 Å². The predicted octanol–water partition coefficient (Wildman–Crippen LogP) is 4.95. The fourth-order valence-corrected chi connectivity index (χ4v) is 5.03. The van der Waals surface area contributed by atoms with E-state index in [0.29, 0.717) is 11.7 Å². The second kappa shape index (κ2) is 8.79. The van der Waals surface area contributed by atoms with Crippen LogP contribution in [0.4, 0.5) is 0 Å². The van der Waals surface area contributed by atoms with Crippen LogP contribution in [0.15, 0.2) is 77.5 Å². The minimum Gasteiger partial charge on any atom is -0.478 e. The monoisotopic (exact) mass is 472 g/mol. The molecule has 1 aliphatic heterocycles. The van der Waals surface area contributed by atoms with Crippen LogP contribution >= 0.6 is 12.2 Å². The van der Waals surface area contributed by atoms with Gasteiger partial charge in [-0.15, -0.1) is 0 Å². The third-order valence-corrected chi connectivity index (χ3v) is 6.62. The lowest BCUT2D eigenvalue weighted by molar-refractivity contribution is 0.0697. The smallest absolute Gasteiger partial charge is 0.335 e. The predicted molar refractivity (Wildman–Crippen MR) is 132 cm³/mol. The minimum atomic E-state index is -0.939. The van der Waals surface area contributed by atoms with Crippen molar-refractivity contribution in [1.82, 2.24) is 19.8 Å². The van der Waals surface area contributed by atoms with Gasteiger partial charge < -0.3 is 24.3 Å². The van der Waals surface area contributed by atoms with Crippen molar-refractivity contribution in [3.05, 3.63) is 107 Å². The van der Waals surface area contributed by atoms with E-state index >= 15 is 0 Å². The van der Waals surface area contributed by atoms with Gasteiger partial charge in [-0.25, -0.2) is 4.79 Å². The second-order valence-corrected chi connectivity index (χ2v) is 8.73. The Bertz CT molecular complexity index is 1330. The number of carboxylic acids is 1. The second-order valence-electron chi connectivity index (χ2n) is 8.35. The van der Waals surface area contributed by atoms with Gasteiger partial charge in [0.25, 0.3) is 0 Å². The summed E-state index contributed by atoms with van der Waals surface area (Å²) in [6, 6.07) is 18.6. The SMILES string of the molecule is Cc1cc([C@@H]2[C@@H](c3ccccn3)NC(=S)N2Cc2ccco2)c(C)n1-c1ccc(C(=O)O)cc1. The molecular weight excluding hydrogens is 448 g/mol. The maximum atomic E-state index is 11.3. The van der Waals surface area contributed by atoms with Crippen LogP contribution in [-0.4, -0.2) is 30.6 Å². The molecule has 0 unspecified atom stereocenters. The van der Waals surface area contributed by atoms with Gasteiger partial charge in [-0.2, -0.15) is 0 Å². The van der Waals surface area contributed by atoms with E-state index in [9.17, 15) is 9.90 Å². The molecule has 8 heteroatoms. The maximum Gasteiger partial charge on any atom is 0.335 e. The Hall–Kier alpha value is -3.91. The Kier molecular flexibility index (Phi) is 5.67. The number of pyridine rings is 1. The van der Waals surface area contributed by atoms with Crippen molar-refractivity contribution >= 4 is 23.3 Å². The zero-order chi connectivity index (χ0) is 23.8. The average molecular weight is 473 g/mol. The molecular formula is C26H24N4O3S. The van der Waals surface area contributed by atoms with Gasteiger partial charge >= 0.3 is 5.97 Å². The van der Waals surface area contributed by atoms with Gasteiger partial charge in [-0.1, -0.05) is 6.07 Å². The van der Waals surface area contributed by atoms with Crippen molar-refractivity contribution < 1.29 is 14.3 Å². The highest BCUT2D eigenvalue weighted by atomic mass is 32.1. The lowest BCUT2D eigenvalue weighted by Crippen LogP contribution is -2.29. The highest BCUT2D eigenvalue weighted by Gasteiger charge is 2.41. The number of nitrogens with zero attached hydrogens (tertiary/aromatic N) is 3. The number of furan rings is 1. The summed E-state index contributed by atoms with van der Waals surface area (Å²) >= 11 is 5.77. The molecule has 4 heterocycles. The molecule has 1 saturated heterocycles. The van der Waals surface area contributed by atoms with E-state index in [-0.39, 0.29) is 17.6 Å². The van der Waals surface area contributed by atoms with Gasteiger partial charge in [0.1, 0.15) is 5.76 Å². The number of aromatic carboxylic acids is 1. The van der Waals surface area contributed by atoms with Crippen LogP contribution in [-0.2, 0) is 6.54 Å². The van der Waals surface area contributed by atoms with Crippen molar-refractivity contribution in [2.75, 3.05) is 0 Å². The number of carboxylic acid groups (broad SMARTS) is 1. The molecule has 0 aliphatic carbocycles. The molecule has 5 rings (SSSR count). The lowest BCUT2D eigenvalue weighted by atomic mass is 9.96. The summed E-state index contributed by atoms with van der Waals surface area (Å²) in [5.41, 5.74) is 5.30. The Labute approximate surface area is 202 Å². The van der Waals surface area contributed by atoms with Crippen LogP contribution in [0.2, 0.25) is 0 Å². The first kappa shape index (κ1) is 21.9. The first-order chi connectivity index (χ1) is 16.4. The number of aromatic nitrogens is 2. The normalized spacial score (nSPS) is 17.7. The van der Waals surface area contributed by atoms with E-state index in [1.807, 2.05) is 42.5 Å². The molecule has 1 aliphatic rings. The third-order valence-electron chi connectivity index (χ3n) is 6.27. The van der Waals surface area contributed by atoms with Crippen molar-refractivity contribution in [2.45, 2.75) is 32.5 Å². The summed E-state index contributed by atoms with van der Waals surface area (Å²) in [5.74, 6) is -0.112. The van der Waals surface area contributed by atoms with Crippen LogP contribution < -0.4 is 5.32 Å². The van der Waals surface area contributed by atoms with E-state index in [1.165, 1.54) is 0 Å². The number of nitrogens with one attached hydrogen (secondary N) is 1. The first-order valence-electron chi connectivity index (χ1n) is 11.0. The Morgan fingerprint density at radius 3 is 2.59 bits per heavy atom. The summed E-state index contributed by atoms with van der Waals surface area (Å²) in [4.78, 5) is 18.0. The van der Waals surface area contributed by atoms with Crippen LogP contribution in [0.1, 0.15) is 50.8 Å². The van der Waals surface area contributed by atoms with Gasteiger partial charge in [0.2, 0.25) is 0 Å². The van der Waals surface area contributed by atoms with Gasteiger partial charge in [0, 0.05) is 23.3 Å². The molecule has 1 aromatic carbocycles. The summed E-state index contributed by atoms with van der Waals surface area (Å²) in [6.45, 7) is 4.66. The van der Waals surface area contributed by atoms with E-state index in [1.54, 1.807) is 24.6 Å². The van der Waals surface area contributed by atoms with Crippen molar-refractivity contribution in [1.29, 1.82) is 0 Å². The molecule has 0 radical (unpaired) electrons. The minimum absolute atomic E-state index is 0.106. The van der Waals surface area contributed by atoms with Crippen molar-refractivity contribution in [3.8, 4) is 5.69 Å². The lowest BCUT2D eigenvalue weighted by Gasteiger charge is -2.27. The highest BCUT2D eigenvalue weighted by molar-refractivity contribution is 7.80. The van der Waals surface area contributed by atoms with Crippen molar-refractivity contribution in [2.24, 2.45) is 0 Å². The Morgan fingerprint density at radius 1 is 1.15 bits per heavy atom. The van der Waals surface area contributed by atoms with Gasteiger partial charge in [-0.3, -0.25) is 4.98 Å². The first-order valence-corrected chi connectivity index (χ1v) is 11.4. The standard InChI is InChI=1S/C26H24N4O3S/c1-16-14-21(17(2)30(16)19-10-8-18(9-11-19)25(31)32)24-23(22-7-3-4-12-27-22)28-26(34)29(24)15-20-6-5-13-33-20/h3-14,23-24H,15H2,1-2H3,(H,28,34)(H,31,32)/t23-,24-/m1/s1. The quantitative estimate of drug-likeness (QED) is 0.384. The molecule has 7 nitrogen and oxygen atoms in total. The molecule has 0 amide bonds. The molecule has 34 heavy (non-hydrogen) atoms. The van der Waals surface area contributed by atoms with Crippen LogP contribution in [0, 0.1) is 13.8 Å². The molecule has 2 N–H and O–H groups in total. The van der Waals surface area contributed by atoms with E-state index in [0.717, 1.165) is 34.1 Å². The van der Waals surface area contributed by atoms with E-state index < -0.39 is 5.97 Å². The number of rotatable bonds is 6. The molecule has 3 aromatic heterocycles. The third kappa shape index (κ3) is 3.86. The van der Waals surface area contributed by atoms with Gasteiger partial charge in [0.05, 0.1) is 36.1 Å². The summed E-state index contributed by atoms with van der Waals surface area (Å²) in [6.07, 6.45) is 3.46. The molecule has 0 bridgehead atoms. The summed E-state index contributed by atoms with van der Waals surface area (Å²) < 4.78 is 7.77. The highest BCUT2D eigenvalue weighted by Crippen LogP contribution is 2.42. The zero-order valence-electron chi connectivity index (χ0n) is 18.8. The molecule has 4 aromatic rings. The molecule has 0 spiro atoms. The number of aryl methyl sites for hydroxylation is 1. The average Bonchev–Trinajstić information content (AvgIpc) is 3.54. The fraction of sp³-hybridized carbons (Fsp3) is 0.192. The van der Waals surface area contributed by atoms with E-state index in [4.69, 9.17) is 16.6 Å². The van der Waals surface area contributed by atoms with Crippen LogP contribution in [0.3, 0.4) is 0 Å². The number of thiocarbonyl (C=S) groups is 1.